The van der Waals surface area contributed by atoms with Crippen LogP contribution in [0, 0.1) is 0 Å². The summed E-state index contributed by atoms with van der Waals surface area (Å²) in [4.78, 5) is 8.91. The molecule has 0 unspecified atom stereocenters. The molecule has 20 heavy (non-hydrogen) atoms. The molecule has 106 valence electrons. The molecule has 2 rings (SSSR count). The number of methoxy groups -OCH3 is 1. The lowest BCUT2D eigenvalue weighted by atomic mass is 10.3. The molecule has 0 aliphatic rings. The number of nitrogens with one attached hydrogen (secondary N) is 2. The van der Waals surface area contributed by atoms with Crippen LogP contribution in [0.1, 0.15) is 19.7 Å². The second-order valence-corrected chi connectivity index (χ2v) is 4.29. The van der Waals surface area contributed by atoms with Gasteiger partial charge in [0.1, 0.15) is 23.2 Å². The SMILES string of the molecule is CCNc1cc(Nc2ccc(OC)cc2)nc(CC)n1. The highest BCUT2D eigenvalue weighted by Crippen LogP contribution is 2.20. The van der Waals surface area contributed by atoms with E-state index in [9.17, 15) is 0 Å². The maximum absolute atomic E-state index is 5.14. The van der Waals surface area contributed by atoms with Crippen LogP contribution in [0.4, 0.5) is 17.3 Å². The Bertz CT molecular complexity index is 554. The van der Waals surface area contributed by atoms with Gasteiger partial charge in [0.05, 0.1) is 7.11 Å². The fourth-order valence-electron chi connectivity index (χ4n) is 1.81. The minimum atomic E-state index is 0.790. The molecule has 0 aliphatic heterocycles. The Morgan fingerprint density at radius 3 is 2.35 bits per heavy atom. The number of hydrogen-bond donors (Lipinski definition) is 2. The second kappa shape index (κ2) is 6.75. The Labute approximate surface area is 119 Å². The van der Waals surface area contributed by atoms with Gasteiger partial charge in [0, 0.05) is 24.7 Å². The fourth-order valence-corrected chi connectivity index (χ4v) is 1.81. The first-order valence-corrected chi connectivity index (χ1v) is 6.78. The van der Waals surface area contributed by atoms with Crippen LogP contribution in [-0.4, -0.2) is 23.6 Å². The molecule has 1 aromatic heterocycles. The van der Waals surface area contributed by atoms with E-state index >= 15 is 0 Å². The van der Waals surface area contributed by atoms with E-state index in [4.69, 9.17) is 4.74 Å². The van der Waals surface area contributed by atoms with E-state index in [1.807, 2.05) is 44.2 Å². The Balaban J connectivity index is 2.20. The fraction of sp³-hybridized carbons (Fsp3) is 0.333. The second-order valence-electron chi connectivity index (χ2n) is 4.29. The van der Waals surface area contributed by atoms with Crippen molar-refractivity contribution in [2.75, 3.05) is 24.3 Å². The van der Waals surface area contributed by atoms with Crippen molar-refractivity contribution < 1.29 is 4.74 Å². The first-order chi connectivity index (χ1) is 9.75. The first kappa shape index (κ1) is 14.1. The zero-order valence-corrected chi connectivity index (χ0v) is 12.1. The van der Waals surface area contributed by atoms with Crippen molar-refractivity contribution >= 4 is 17.3 Å². The van der Waals surface area contributed by atoms with Gasteiger partial charge in [-0.05, 0) is 31.2 Å². The number of aromatic nitrogens is 2. The van der Waals surface area contributed by atoms with Crippen LogP contribution in [0.3, 0.4) is 0 Å². The standard InChI is InChI=1S/C15H20N4O/c1-4-13-18-14(16-5-2)10-15(19-13)17-11-6-8-12(20-3)9-7-11/h6-10H,4-5H2,1-3H3,(H2,16,17,18,19). The molecule has 0 atom stereocenters. The molecule has 5 heteroatoms. The Morgan fingerprint density at radius 2 is 1.75 bits per heavy atom. The van der Waals surface area contributed by atoms with Gasteiger partial charge in [0.25, 0.3) is 0 Å². The largest absolute Gasteiger partial charge is 0.497 e. The van der Waals surface area contributed by atoms with Crippen molar-refractivity contribution in [2.45, 2.75) is 20.3 Å². The minimum Gasteiger partial charge on any atom is -0.497 e. The summed E-state index contributed by atoms with van der Waals surface area (Å²) in [6, 6.07) is 9.65. The van der Waals surface area contributed by atoms with Crippen molar-refractivity contribution in [1.82, 2.24) is 9.97 Å². The third-order valence-electron chi connectivity index (χ3n) is 2.81. The van der Waals surface area contributed by atoms with Gasteiger partial charge in [-0.3, -0.25) is 0 Å². The summed E-state index contributed by atoms with van der Waals surface area (Å²) in [5, 5.41) is 6.50. The van der Waals surface area contributed by atoms with Crippen molar-refractivity contribution in [3.05, 3.63) is 36.2 Å². The number of nitrogens with zero attached hydrogens (tertiary/aromatic N) is 2. The number of benzene rings is 1. The van der Waals surface area contributed by atoms with Crippen molar-refractivity contribution in [3.8, 4) is 5.75 Å². The van der Waals surface area contributed by atoms with Gasteiger partial charge in [-0.2, -0.15) is 0 Å². The molecule has 5 nitrogen and oxygen atoms in total. The molecule has 1 heterocycles. The zero-order chi connectivity index (χ0) is 14.4. The molecule has 2 aromatic rings. The van der Waals surface area contributed by atoms with Crippen molar-refractivity contribution in [1.29, 1.82) is 0 Å². The Hall–Kier alpha value is -2.30. The van der Waals surface area contributed by atoms with Crippen LogP contribution in [0.25, 0.3) is 0 Å². The summed E-state index contributed by atoms with van der Waals surface area (Å²) in [5.41, 5.74) is 0.967. The predicted octanol–water partition coefficient (Wildman–Crippen LogP) is 3.22. The summed E-state index contributed by atoms with van der Waals surface area (Å²) in [5.74, 6) is 3.29. The predicted molar refractivity (Wildman–Crippen MR) is 81.9 cm³/mol. The Kier molecular flexibility index (Phi) is 4.76. The van der Waals surface area contributed by atoms with Crippen LogP contribution < -0.4 is 15.4 Å². The average molecular weight is 272 g/mol. The van der Waals surface area contributed by atoms with E-state index in [0.29, 0.717) is 0 Å². The molecule has 0 spiro atoms. The lowest BCUT2D eigenvalue weighted by Crippen LogP contribution is -2.05. The normalized spacial score (nSPS) is 10.2. The molecule has 0 aliphatic carbocycles. The number of anilines is 3. The summed E-state index contributed by atoms with van der Waals surface area (Å²) in [7, 11) is 1.66. The van der Waals surface area contributed by atoms with Gasteiger partial charge in [0.15, 0.2) is 0 Å². The van der Waals surface area contributed by atoms with Crippen LogP contribution in [0.15, 0.2) is 30.3 Å². The van der Waals surface area contributed by atoms with E-state index < -0.39 is 0 Å². The summed E-state index contributed by atoms with van der Waals surface area (Å²) in [6.07, 6.45) is 0.802. The van der Waals surface area contributed by atoms with Gasteiger partial charge in [-0.1, -0.05) is 6.92 Å². The molecular weight excluding hydrogens is 252 g/mol. The summed E-state index contributed by atoms with van der Waals surface area (Å²) in [6.45, 7) is 4.93. The van der Waals surface area contributed by atoms with Crippen LogP contribution >= 0.6 is 0 Å². The topological polar surface area (TPSA) is 59.1 Å². The van der Waals surface area contributed by atoms with Crippen LogP contribution in [0.2, 0.25) is 0 Å². The number of aryl methyl sites for hydroxylation is 1. The molecule has 0 fully saturated rings. The third kappa shape index (κ3) is 3.60. The van der Waals surface area contributed by atoms with Gasteiger partial charge in [-0.25, -0.2) is 9.97 Å². The molecule has 0 saturated heterocycles. The van der Waals surface area contributed by atoms with E-state index in [0.717, 1.165) is 41.9 Å². The number of rotatable bonds is 6. The third-order valence-corrected chi connectivity index (χ3v) is 2.81. The van der Waals surface area contributed by atoms with Gasteiger partial charge in [-0.15, -0.1) is 0 Å². The molecule has 0 saturated carbocycles. The molecule has 0 amide bonds. The number of ether oxygens (including phenoxy) is 1. The molecule has 0 radical (unpaired) electrons. The summed E-state index contributed by atoms with van der Waals surface area (Å²) >= 11 is 0. The maximum Gasteiger partial charge on any atom is 0.136 e. The highest BCUT2D eigenvalue weighted by Gasteiger charge is 2.03. The lowest BCUT2D eigenvalue weighted by Gasteiger charge is -2.10. The average Bonchev–Trinajstić information content (AvgIpc) is 2.48. The van der Waals surface area contributed by atoms with E-state index in [-0.39, 0.29) is 0 Å². The van der Waals surface area contributed by atoms with Gasteiger partial charge >= 0.3 is 0 Å². The van der Waals surface area contributed by atoms with Crippen molar-refractivity contribution in [2.24, 2.45) is 0 Å². The van der Waals surface area contributed by atoms with Gasteiger partial charge in [0.2, 0.25) is 0 Å². The van der Waals surface area contributed by atoms with E-state index in [2.05, 4.69) is 20.6 Å². The zero-order valence-electron chi connectivity index (χ0n) is 12.1. The first-order valence-electron chi connectivity index (χ1n) is 6.78. The minimum absolute atomic E-state index is 0.790. The van der Waals surface area contributed by atoms with Crippen LogP contribution in [0.5, 0.6) is 5.75 Å². The smallest absolute Gasteiger partial charge is 0.136 e. The Morgan fingerprint density at radius 1 is 1.05 bits per heavy atom. The van der Waals surface area contributed by atoms with Crippen LogP contribution in [-0.2, 0) is 6.42 Å². The monoisotopic (exact) mass is 272 g/mol. The highest BCUT2D eigenvalue weighted by atomic mass is 16.5. The molecular formula is C15H20N4O. The van der Waals surface area contributed by atoms with E-state index in [1.54, 1.807) is 7.11 Å². The molecule has 2 N–H and O–H groups in total. The lowest BCUT2D eigenvalue weighted by molar-refractivity contribution is 0.415. The highest BCUT2D eigenvalue weighted by molar-refractivity contribution is 5.60. The van der Waals surface area contributed by atoms with E-state index in [1.165, 1.54) is 0 Å². The number of hydrogen-bond acceptors (Lipinski definition) is 5. The van der Waals surface area contributed by atoms with Gasteiger partial charge < -0.3 is 15.4 Å². The summed E-state index contributed by atoms with van der Waals surface area (Å²) < 4.78 is 5.14. The molecule has 0 bridgehead atoms. The molecule has 1 aromatic carbocycles. The maximum atomic E-state index is 5.14. The quantitative estimate of drug-likeness (QED) is 0.845. The van der Waals surface area contributed by atoms with Crippen molar-refractivity contribution in [3.63, 3.8) is 0 Å².